The highest BCUT2D eigenvalue weighted by Crippen LogP contribution is 2.23. The minimum absolute atomic E-state index is 0.288. The third-order valence-electron chi connectivity index (χ3n) is 2.91. The second-order valence-corrected chi connectivity index (χ2v) is 4.63. The molecule has 1 fully saturated rings. The van der Waals surface area contributed by atoms with Crippen molar-refractivity contribution in [2.75, 3.05) is 30.3 Å². The first kappa shape index (κ1) is 12.5. The summed E-state index contributed by atoms with van der Waals surface area (Å²) in [5, 5.41) is 0.443. The van der Waals surface area contributed by atoms with Crippen molar-refractivity contribution in [3.63, 3.8) is 0 Å². The maximum atomic E-state index is 5.92. The molecule has 1 aromatic heterocycles. The molecule has 0 saturated carbocycles. The Morgan fingerprint density at radius 2 is 2.41 bits per heavy atom. The summed E-state index contributed by atoms with van der Waals surface area (Å²) in [5.41, 5.74) is 6.43. The average molecular weight is 256 g/mol. The fourth-order valence-corrected chi connectivity index (χ4v) is 2.39. The molecular formula is C12H18ClN3O. The highest BCUT2D eigenvalue weighted by atomic mass is 35.5. The van der Waals surface area contributed by atoms with Gasteiger partial charge in [-0.2, -0.15) is 0 Å². The van der Waals surface area contributed by atoms with Crippen LogP contribution in [0, 0.1) is 0 Å². The molecule has 0 amide bonds. The zero-order chi connectivity index (χ0) is 12.3. The number of rotatable bonds is 3. The summed E-state index contributed by atoms with van der Waals surface area (Å²) < 4.78 is 5.66. The van der Waals surface area contributed by atoms with Gasteiger partial charge in [-0.1, -0.05) is 11.6 Å². The topological polar surface area (TPSA) is 51.4 Å². The van der Waals surface area contributed by atoms with E-state index in [9.17, 15) is 0 Å². The quantitative estimate of drug-likeness (QED) is 0.843. The first-order valence-electron chi connectivity index (χ1n) is 5.98. The maximum absolute atomic E-state index is 5.92. The number of anilines is 2. The highest BCUT2D eigenvalue weighted by Gasteiger charge is 2.21. The van der Waals surface area contributed by atoms with Crippen LogP contribution in [-0.2, 0) is 4.74 Å². The normalized spacial score (nSPS) is 20.6. The Kier molecular flexibility index (Phi) is 4.07. The SMILES string of the molecule is CCOC1CCCN(c2cc(N)cc(Cl)n2)C1. The molecule has 1 aliphatic rings. The van der Waals surface area contributed by atoms with E-state index in [0.29, 0.717) is 10.8 Å². The van der Waals surface area contributed by atoms with Gasteiger partial charge >= 0.3 is 0 Å². The number of hydrogen-bond acceptors (Lipinski definition) is 4. The average Bonchev–Trinajstić information content (AvgIpc) is 2.28. The van der Waals surface area contributed by atoms with Gasteiger partial charge in [0.2, 0.25) is 0 Å². The van der Waals surface area contributed by atoms with Crippen molar-refractivity contribution < 1.29 is 4.74 Å². The predicted molar refractivity (Wildman–Crippen MR) is 70.5 cm³/mol. The summed E-state index contributed by atoms with van der Waals surface area (Å²) in [6.07, 6.45) is 2.51. The molecule has 4 nitrogen and oxygen atoms in total. The summed E-state index contributed by atoms with van der Waals surface area (Å²) in [4.78, 5) is 6.49. The first-order valence-corrected chi connectivity index (χ1v) is 6.36. The second-order valence-electron chi connectivity index (χ2n) is 4.25. The Labute approximate surface area is 107 Å². The summed E-state index contributed by atoms with van der Waals surface area (Å²) in [5.74, 6) is 0.847. The fraction of sp³-hybridized carbons (Fsp3) is 0.583. The standard InChI is InChI=1S/C12H18ClN3O/c1-2-17-10-4-3-5-16(8-10)12-7-9(14)6-11(13)15-12/h6-7,10H,2-5,8H2,1H3,(H2,14,15). The Hall–Kier alpha value is -1.00. The van der Waals surface area contributed by atoms with Crippen molar-refractivity contribution in [2.24, 2.45) is 0 Å². The summed E-state index contributed by atoms with van der Waals surface area (Å²) in [6.45, 7) is 4.62. The Morgan fingerprint density at radius 3 is 3.12 bits per heavy atom. The van der Waals surface area contributed by atoms with Gasteiger partial charge in [-0.25, -0.2) is 4.98 Å². The molecule has 94 valence electrons. The zero-order valence-electron chi connectivity index (χ0n) is 10.0. The van der Waals surface area contributed by atoms with Crippen molar-refractivity contribution in [1.82, 2.24) is 4.98 Å². The van der Waals surface area contributed by atoms with Crippen LogP contribution in [0.15, 0.2) is 12.1 Å². The van der Waals surface area contributed by atoms with Gasteiger partial charge in [0.1, 0.15) is 11.0 Å². The van der Waals surface area contributed by atoms with Gasteiger partial charge < -0.3 is 15.4 Å². The molecule has 0 aromatic carbocycles. The molecule has 1 unspecified atom stereocenters. The van der Waals surface area contributed by atoms with E-state index >= 15 is 0 Å². The molecule has 2 rings (SSSR count). The largest absolute Gasteiger partial charge is 0.399 e. The van der Waals surface area contributed by atoms with Gasteiger partial charge in [-0.15, -0.1) is 0 Å². The monoisotopic (exact) mass is 255 g/mol. The number of nitrogens with two attached hydrogens (primary N) is 1. The molecule has 1 aromatic rings. The van der Waals surface area contributed by atoms with Crippen molar-refractivity contribution in [1.29, 1.82) is 0 Å². The van der Waals surface area contributed by atoms with E-state index in [0.717, 1.165) is 38.4 Å². The van der Waals surface area contributed by atoms with Crippen LogP contribution in [0.3, 0.4) is 0 Å². The van der Waals surface area contributed by atoms with Gasteiger partial charge in [0.15, 0.2) is 0 Å². The number of nitrogen functional groups attached to an aromatic ring is 1. The molecular weight excluding hydrogens is 238 g/mol. The third kappa shape index (κ3) is 3.23. The number of aromatic nitrogens is 1. The maximum Gasteiger partial charge on any atom is 0.133 e. The van der Waals surface area contributed by atoms with Crippen molar-refractivity contribution in [3.05, 3.63) is 17.3 Å². The van der Waals surface area contributed by atoms with Crippen molar-refractivity contribution in [2.45, 2.75) is 25.9 Å². The van der Waals surface area contributed by atoms with Crippen LogP contribution in [0.4, 0.5) is 11.5 Å². The predicted octanol–water partition coefficient (Wildman–Crippen LogP) is 2.32. The highest BCUT2D eigenvalue weighted by molar-refractivity contribution is 6.29. The smallest absolute Gasteiger partial charge is 0.133 e. The Morgan fingerprint density at radius 1 is 1.59 bits per heavy atom. The molecule has 1 atom stereocenters. The molecule has 1 aliphatic heterocycles. The number of halogens is 1. The molecule has 2 heterocycles. The first-order chi connectivity index (χ1) is 8.19. The number of piperidine rings is 1. The fourth-order valence-electron chi connectivity index (χ4n) is 2.18. The van der Waals surface area contributed by atoms with Gasteiger partial charge in [0.25, 0.3) is 0 Å². The molecule has 17 heavy (non-hydrogen) atoms. The Balaban J connectivity index is 2.10. The number of pyridine rings is 1. The molecule has 2 N–H and O–H groups in total. The van der Waals surface area contributed by atoms with Gasteiger partial charge in [0.05, 0.1) is 6.10 Å². The van der Waals surface area contributed by atoms with E-state index in [1.54, 1.807) is 6.07 Å². The van der Waals surface area contributed by atoms with Crippen molar-refractivity contribution >= 4 is 23.1 Å². The van der Waals surface area contributed by atoms with Crippen LogP contribution in [-0.4, -0.2) is 30.8 Å². The lowest BCUT2D eigenvalue weighted by Gasteiger charge is -2.33. The molecule has 0 spiro atoms. The number of hydrogen-bond donors (Lipinski definition) is 1. The molecule has 5 heteroatoms. The van der Waals surface area contributed by atoms with E-state index in [2.05, 4.69) is 9.88 Å². The van der Waals surface area contributed by atoms with Gasteiger partial charge in [-0.3, -0.25) is 0 Å². The number of nitrogens with zero attached hydrogens (tertiary/aromatic N) is 2. The van der Waals surface area contributed by atoms with E-state index in [1.807, 2.05) is 13.0 Å². The van der Waals surface area contributed by atoms with E-state index in [1.165, 1.54) is 0 Å². The second kappa shape index (κ2) is 5.56. The number of ether oxygens (including phenoxy) is 1. The summed E-state index contributed by atoms with van der Waals surface area (Å²) in [6, 6.07) is 3.52. The van der Waals surface area contributed by atoms with Gasteiger partial charge in [-0.05, 0) is 25.8 Å². The van der Waals surface area contributed by atoms with Crippen LogP contribution in [0.2, 0.25) is 5.15 Å². The summed E-state index contributed by atoms with van der Waals surface area (Å²) >= 11 is 5.92. The lowest BCUT2D eigenvalue weighted by Crippen LogP contribution is -2.40. The van der Waals surface area contributed by atoms with Gasteiger partial charge in [0, 0.05) is 31.5 Å². The van der Waals surface area contributed by atoms with Crippen LogP contribution < -0.4 is 10.6 Å². The van der Waals surface area contributed by atoms with Crippen molar-refractivity contribution in [3.8, 4) is 0 Å². The minimum Gasteiger partial charge on any atom is -0.399 e. The minimum atomic E-state index is 0.288. The van der Waals surface area contributed by atoms with E-state index < -0.39 is 0 Å². The van der Waals surface area contributed by atoms with Crippen LogP contribution in [0.1, 0.15) is 19.8 Å². The van der Waals surface area contributed by atoms with Crippen LogP contribution >= 0.6 is 11.6 Å². The third-order valence-corrected chi connectivity index (χ3v) is 3.10. The lowest BCUT2D eigenvalue weighted by molar-refractivity contribution is 0.0525. The van der Waals surface area contributed by atoms with E-state index in [4.69, 9.17) is 22.1 Å². The van der Waals surface area contributed by atoms with E-state index in [-0.39, 0.29) is 6.10 Å². The molecule has 0 radical (unpaired) electrons. The lowest BCUT2D eigenvalue weighted by atomic mass is 10.1. The van der Waals surface area contributed by atoms with Crippen LogP contribution in [0.25, 0.3) is 0 Å². The zero-order valence-corrected chi connectivity index (χ0v) is 10.8. The van der Waals surface area contributed by atoms with Crippen LogP contribution in [0.5, 0.6) is 0 Å². The Bertz CT molecular complexity index is 364. The molecule has 1 saturated heterocycles. The molecule has 0 bridgehead atoms. The molecule has 0 aliphatic carbocycles. The summed E-state index contributed by atoms with van der Waals surface area (Å²) in [7, 11) is 0.